The molecule has 0 amide bonds. The molecule has 0 saturated carbocycles. The minimum Gasteiger partial charge on any atom is -0.480 e. The van der Waals surface area contributed by atoms with Crippen molar-refractivity contribution in [1.82, 2.24) is 4.90 Å². The zero-order chi connectivity index (χ0) is 16.6. The van der Waals surface area contributed by atoms with Gasteiger partial charge in [0.05, 0.1) is 0 Å². The van der Waals surface area contributed by atoms with Crippen molar-refractivity contribution in [3.05, 3.63) is 35.9 Å². The SMILES string of the molecule is CN(C)[C@H](Cc1ccccc1)C(=O)O.O=C(O)C(F)(F)F. The molecule has 1 aromatic carbocycles. The van der Waals surface area contributed by atoms with Crippen LogP contribution < -0.4 is 0 Å². The van der Waals surface area contributed by atoms with Gasteiger partial charge in [0.2, 0.25) is 0 Å². The summed E-state index contributed by atoms with van der Waals surface area (Å²) >= 11 is 0. The van der Waals surface area contributed by atoms with Gasteiger partial charge in [-0.25, -0.2) is 4.79 Å². The Hall–Kier alpha value is -2.09. The van der Waals surface area contributed by atoms with Gasteiger partial charge in [-0.3, -0.25) is 9.69 Å². The summed E-state index contributed by atoms with van der Waals surface area (Å²) in [6.07, 6.45) is -4.54. The molecule has 1 atom stereocenters. The molecule has 118 valence electrons. The van der Waals surface area contributed by atoms with E-state index in [1.165, 1.54) is 0 Å². The van der Waals surface area contributed by atoms with Crippen LogP contribution >= 0.6 is 0 Å². The van der Waals surface area contributed by atoms with Crippen LogP contribution in [0.5, 0.6) is 0 Å². The molecule has 0 saturated heterocycles. The van der Waals surface area contributed by atoms with E-state index in [0.717, 1.165) is 5.56 Å². The van der Waals surface area contributed by atoms with Crippen molar-refractivity contribution in [1.29, 1.82) is 0 Å². The van der Waals surface area contributed by atoms with Crippen LogP contribution in [0.15, 0.2) is 30.3 Å². The highest BCUT2D eigenvalue weighted by Gasteiger charge is 2.38. The molecule has 0 bridgehead atoms. The number of hydrogen-bond acceptors (Lipinski definition) is 3. The largest absolute Gasteiger partial charge is 0.490 e. The number of halogens is 3. The normalized spacial score (nSPS) is 12.3. The van der Waals surface area contributed by atoms with Crippen LogP contribution in [0.2, 0.25) is 0 Å². The molecule has 0 radical (unpaired) electrons. The number of rotatable bonds is 4. The van der Waals surface area contributed by atoms with Crippen LogP contribution in [-0.2, 0) is 16.0 Å². The quantitative estimate of drug-likeness (QED) is 0.888. The van der Waals surface area contributed by atoms with Crippen molar-refractivity contribution in [2.45, 2.75) is 18.6 Å². The summed E-state index contributed by atoms with van der Waals surface area (Å²) in [5.74, 6) is -3.54. The van der Waals surface area contributed by atoms with Crippen LogP contribution in [0.1, 0.15) is 5.56 Å². The third-order valence-electron chi connectivity index (χ3n) is 2.42. The van der Waals surface area contributed by atoms with Crippen molar-refractivity contribution in [3.8, 4) is 0 Å². The fraction of sp³-hybridized carbons (Fsp3) is 0.385. The van der Waals surface area contributed by atoms with Crippen molar-refractivity contribution in [3.63, 3.8) is 0 Å². The number of carbonyl (C=O) groups is 2. The van der Waals surface area contributed by atoms with Gasteiger partial charge in [0.15, 0.2) is 0 Å². The van der Waals surface area contributed by atoms with E-state index in [1.54, 1.807) is 19.0 Å². The highest BCUT2D eigenvalue weighted by molar-refractivity contribution is 5.74. The van der Waals surface area contributed by atoms with Gasteiger partial charge in [-0.15, -0.1) is 0 Å². The van der Waals surface area contributed by atoms with E-state index in [9.17, 15) is 18.0 Å². The Morgan fingerprint density at radius 1 is 1.14 bits per heavy atom. The molecule has 0 heterocycles. The predicted octanol–water partition coefficient (Wildman–Crippen LogP) is 1.88. The number of benzene rings is 1. The number of nitrogens with zero attached hydrogens (tertiary/aromatic N) is 1. The number of aliphatic carboxylic acids is 2. The molecule has 0 aliphatic rings. The minimum absolute atomic E-state index is 0.447. The molecule has 0 unspecified atom stereocenters. The lowest BCUT2D eigenvalue weighted by atomic mass is 10.1. The first-order valence-electron chi connectivity index (χ1n) is 5.79. The van der Waals surface area contributed by atoms with Gasteiger partial charge in [-0.1, -0.05) is 30.3 Å². The summed E-state index contributed by atoms with van der Waals surface area (Å²) in [5, 5.41) is 16.1. The summed E-state index contributed by atoms with van der Waals surface area (Å²) < 4.78 is 31.7. The molecule has 0 spiro atoms. The number of alkyl halides is 3. The molecule has 8 heteroatoms. The minimum atomic E-state index is -5.08. The Morgan fingerprint density at radius 2 is 1.57 bits per heavy atom. The molecular formula is C13H16F3NO4. The van der Waals surface area contributed by atoms with Gasteiger partial charge in [-0.05, 0) is 26.1 Å². The third kappa shape index (κ3) is 7.93. The second kappa shape index (κ2) is 8.25. The molecule has 1 aromatic rings. The molecule has 2 N–H and O–H groups in total. The van der Waals surface area contributed by atoms with Crippen LogP contribution in [0.4, 0.5) is 13.2 Å². The smallest absolute Gasteiger partial charge is 0.480 e. The average Bonchev–Trinajstić information content (AvgIpc) is 2.36. The van der Waals surface area contributed by atoms with Gasteiger partial charge >= 0.3 is 18.1 Å². The fourth-order valence-electron chi connectivity index (χ4n) is 1.33. The third-order valence-corrected chi connectivity index (χ3v) is 2.42. The van der Waals surface area contributed by atoms with Crippen LogP contribution in [-0.4, -0.2) is 53.4 Å². The Morgan fingerprint density at radius 3 is 1.86 bits per heavy atom. The van der Waals surface area contributed by atoms with Gasteiger partial charge in [0, 0.05) is 0 Å². The first kappa shape index (κ1) is 18.9. The molecule has 5 nitrogen and oxygen atoms in total. The summed E-state index contributed by atoms with van der Waals surface area (Å²) in [6, 6.07) is 9.21. The molecule has 0 aliphatic heterocycles. The maximum atomic E-state index is 10.9. The zero-order valence-corrected chi connectivity index (χ0v) is 11.5. The van der Waals surface area contributed by atoms with Crippen molar-refractivity contribution >= 4 is 11.9 Å². The van der Waals surface area contributed by atoms with Crippen molar-refractivity contribution in [2.75, 3.05) is 14.1 Å². The summed E-state index contributed by atoms with van der Waals surface area (Å²) in [6.45, 7) is 0. The van der Waals surface area contributed by atoms with E-state index in [4.69, 9.17) is 15.0 Å². The topological polar surface area (TPSA) is 77.8 Å². The molecule has 1 rings (SSSR count). The number of likely N-dealkylation sites (N-methyl/N-ethyl adjacent to an activating group) is 1. The first-order chi connectivity index (χ1) is 9.55. The predicted molar refractivity (Wildman–Crippen MR) is 68.9 cm³/mol. The van der Waals surface area contributed by atoms with E-state index in [0.29, 0.717) is 6.42 Å². The first-order valence-corrected chi connectivity index (χ1v) is 5.79. The van der Waals surface area contributed by atoms with Gasteiger partial charge in [0.1, 0.15) is 6.04 Å². The van der Waals surface area contributed by atoms with E-state index in [-0.39, 0.29) is 0 Å². The van der Waals surface area contributed by atoms with Crippen LogP contribution in [0, 0.1) is 0 Å². The summed E-state index contributed by atoms with van der Waals surface area (Å²) in [5.41, 5.74) is 1.05. The van der Waals surface area contributed by atoms with Gasteiger partial charge < -0.3 is 10.2 Å². The molecule has 0 fully saturated rings. The summed E-state index contributed by atoms with van der Waals surface area (Å²) in [4.78, 5) is 21.5. The maximum absolute atomic E-state index is 10.9. The Balaban J connectivity index is 0.000000486. The second-order valence-corrected chi connectivity index (χ2v) is 4.31. The highest BCUT2D eigenvalue weighted by atomic mass is 19.4. The average molecular weight is 307 g/mol. The number of hydrogen-bond donors (Lipinski definition) is 2. The maximum Gasteiger partial charge on any atom is 0.490 e. The zero-order valence-electron chi connectivity index (χ0n) is 11.5. The second-order valence-electron chi connectivity index (χ2n) is 4.31. The van der Waals surface area contributed by atoms with E-state index in [1.807, 2.05) is 30.3 Å². The lowest BCUT2D eigenvalue weighted by Gasteiger charge is -2.19. The lowest BCUT2D eigenvalue weighted by Crippen LogP contribution is -2.37. The van der Waals surface area contributed by atoms with E-state index >= 15 is 0 Å². The van der Waals surface area contributed by atoms with Gasteiger partial charge in [0.25, 0.3) is 0 Å². The monoisotopic (exact) mass is 307 g/mol. The number of carboxylic acid groups (broad SMARTS) is 2. The van der Waals surface area contributed by atoms with Crippen LogP contribution in [0.3, 0.4) is 0 Å². The molecule has 0 aliphatic carbocycles. The van der Waals surface area contributed by atoms with Crippen molar-refractivity contribution < 1.29 is 33.0 Å². The molecule has 21 heavy (non-hydrogen) atoms. The highest BCUT2D eigenvalue weighted by Crippen LogP contribution is 2.13. The fourth-order valence-corrected chi connectivity index (χ4v) is 1.33. The van der Waals surface area contributed by atoms with Gasteiger partial charge in [-0.2, -0.15) is 13.2 Å². The Labute approximate surface area is 119 Å². The summed E-state index contributed by atoms with van der Waals surface area (Å²) in [7, 11) is 3.56. The van der Waals surface area contributed by atoms with E-state index < -0.39 is 24.2 Å². The molecule has 0 aromatic heterocycles. The Kier molecular flexibility index (Phi) is 7.43. The standard InChI is InChI=1S/C11H15NO2.C2HF3O2/c1-12(2)10(11(13)14)8-9-6-4-3-5-7-9;3-2(4,5)1(6)7/h3-7,10H,8H2,1-2H3,(H,13,14);(H,6,7)/t10-;/m1./s1. The Bertz CT molecular complexity index is 460. The lowest BCUT2D eigenvalue weighted by molar-refractivity contribution is -0.192. The van der Waals surface area contributed by atoms with Crippen molar-refractivity contribution in [2.24, 2.45) is 0 Å². The van der Waals surface area contributed by atoms with Crippen LogP contribution in [0.25, 0.3) is 0 Å². The molecular weight excluding hydrogens is 291 g/mol. The number of carboxylic acids is 2. The van der Waals surface area contributed by atoms with E-state index in [2.05, 4.69) is 0 Å².